The van der Waals surface area contributed by atoms with Gasteiger partial charge in [0.25, 0.3) is 5.56 Å². The minimum Gasteiger partial charge on any atom is -0.497 e. The minimum atomic E-state index is -0.117. The van der Waals surface area contributed by atoms with Crippen molar-refractivity contribution in [3.63, 3.8) is 0 Å². The van der Waals surface area contributed by atoms with Crippen LogP contribution in [0.15, 0.2) is 23.0 Å². The zero-order valence-corrected chi connectivity index (χ0v) is 11.7. The van der Waals surface area contributed by atoms with Gasteiger partial charge in [-0.15, -0.1) is 0 Å². The van der Waals surface area contributed by atoms with Gasteiger partial charge in [-0.2, -0.15) is 0 Å². The number of hydrogen-bond donors (Lipinski definition) is 1. The number of hydrogen-bond acceptors (Lipinski definition) is 4. The van der Waals surface area contributed by atoms with E-state index in [0.717, 1.165) is 13.0 Å². The first-order chi connectivity index (χ1) is 9.17. The van der Waals surface area contributed by atoms with Gasteiger partial charge in [-0.3, -0.25) is 9.36 Å². The molecule has 5 nitrogen and oxygen atoms in total. The monoisotopic (exact) mass is 281 g/mol. The number of nitrogens with zero attached hydrogens (tertiary/aromatic N) is 2. The van der Waals surface area contributed by atoms with E-state index in [1.54, 1.807) is 25.3 Å². The summed E-state index contributed by atoms with van der Waals surface area (Å²) in [6.45, 7) is 1.37. The Hall–Kier alpha value is -1.59. The molecule has 1 aromatic heterocycles. The van der Waals surface area contributed by atoms with Crippen LogP contribution in [0, 0.1) is 0 Å². The van der Waals surface area contributed by atoms with Crippen LogP contribution >= 0.6 is 11.6 Å². The van der Waals surface area contributed by atoms with E-state index in [2.05, 4.69) is 10.3 Å². The number of halogens is 1. The number of fused-ring (bicyclic) bond motifs is 1. The normalized spacial score (nSPS) is 10.9. The molecule has 0 atom stereocenters. The minimum absolute atomic E-state index is 0.117. The first-order valence-electron chi connectivity index (χ1n) is 6.06. The lowest BCUT2D eigenvalue weighted by atomic mass is 10.2. The second-order valence-corrected chi connectivity index (χ2v) is 4.52. The van der Waals surface area contributed by atoms with Gasteiger partial charge in [0, 0.05) is 12.6 Å². The van der Waals surface area contributed by atoms with Crippen molar-refractivity contribution in [2.45, 2.75) is 13.0 Å². The summed E-state index contributed by atoms with van der Waals surface area (Å²) < 4.78 is 6.61. The fourth-order valence-electron chi connectivity index (χ4n) is 1.91. The van der Waals surface area contributed by atoms with Crippen LogP contribution in [0.25, 0.3) is 10.9 Å². The van der Waals surface area contributed by atoms with Gasteiger partial charge in [-0.05, 0) is 43.7 Å². The summed E-state index contributed by atoms with van der Waals surface area (Å²) >= 11 is 6.07. The van der Waals surface area contributed by atoms with Gasteiger partial charge in [0.1, 0.15) is 5.75 Å². The van der Waals surface area contributed by atoms with Crippen LogP contribution in [0.4, 0.5) is 0 Å². The molecule has 1 heterocycles. The Labute approximate surface area is 116 Å². The number of aromatic nitrogens is 2. The molecule has 6 heteroatoms. The van der Waals surface area contributed by atoms with Crippen LogP contribution in [-0.2, 0) is 6.54 Å². The average molecular weight is 282 g/mol. The molecule has 0 aliphatic heterocycles. The maximum Gasteiger partial charge on any atom is 0.262 e. The lowest BCUT2D eigenvalue weighted by molar-refractivity contribution is 0.415. The molecule has 0 aliphatic rings. The molecule has 0 unspecified atom stereocenters. The van der Waals surface area contributed by atoms with Crippen LogP contribution in [0.2, 0.25) is 5.28 Å². The molecule has 1 N–H and O–H groups in total. The van der Waals surface area contributed by atoms with Crippen molar-refractivity contribution in [1.29, 1.82) is 0 Å². The first kappa shape index (κ1) is 13.8. The van der Waals surface area contributed by atoms with E-state index in [4.69, 9.17) is 16.3 Å². The summed E-state index contributed by atoms with van der Waals surface area (Å²) in [4.78, 5) is 16.6. The zero-order valence-electron chi connectivity index (χ0n) is 10.9. The molecule has 1 aromatic carbocycles. The molecule has 0 bridgehead atoms. The fourth-order valence-corrected chi connectivity index (χ4v) is 2.16. The van der Waals surface area contributed by atoms with E-state index in [1.165, 1.54) is 4.57 Å². The third-order valence-corrected chi connectivity index (χ3v) is 3.21. The Morgan fingerprint density at radius 3 is 2.95 bits per heavy atom. The maximum atomic E-state index is 12.3. The van der Waals surface area contributed by atoms with E-state index in [0.29, 0.717) is 23.2 Å². The summed E-state index contributed by atoms with van der Waals surface area (Å²) in [5.74, 6) is 0.656. The molecular weight excluding hydrogens is 266 g/mol. The number of nitrogens with one attached hydrogen (secondary N) is 1. The molecule has 0 spiro atoms. The molecule has 0 amide bonds. The smallest absolute Gasteiger partial charge is 0.262 e. The van der Waals surface area contributed by atoms with E-state index in [1.807, 2.05) is 7.05 Å². The highest BCUT2D eigenvalue weighted by Crippen LogP contribution is 2.18. The maximum absolute atomic E-state index is 12.3. The number of benzene rings is 1. The van der Waals surface area contributed by atoms with Crippen LogP contribution in [0.5, 0.6) is 5.75 Å². The Morgan fingerprint density at radius 2 is 2.26 bits per heavy atom. The van der Waals surface area contributed by atoms with Crippen LogP contribution in [0.3, 0.4) is 0 Å². The lowest BCUT2D eigenvalue weighted by Crippen LogP contribution is -2.24. The third kappa shape index (κ3) is 2.88. The fraction of sp³-hybridized carbons (Fsp3) is 0.385. The number of methoxy groups -OCH3 is 1. The SMILES string of the molecule is CNCCCn1c(Cl)nc2cc(OC)ccc2c1=O. The number of ether oxygens (including phenoxy) is 1. The second kappa shape index (κ2) is 6.04. The molecule has 2 aromatic rings. The van der Waals surface area contributed by atoms with Gasteiger partial charge in [0.05, 0.1) is 18.0 Å². The summed E-state index contributed by atoms with van der Waals surface area (Å²) in [7, 11) is 3.44. The Kier molecular flexibility index (Phi) is 4.39. The van der Waals surface area contributed by atoms with Crippen LogP contribution < -0.4 is 15.6 Å². The highest BCUT2D eigenvalue weighted by atomic mass is 35.5. The standard InChI is InChI=1S/C13H16ClN3O2/c1-15-6-3-7-17-12(18)10-5-4-9(19-2)8-11(10)16-13(17)14/h4-5,8,15H,3,6-7H2,1-2H3. The van der Waals surface area contributed by atoms with Crippen molar-refractivity contribution in [3.8, 4) is 5.75 Å². The highest BCUT2D eigenvalue weighted by Gasteiger charge is 2.09. The molecule has 0 aliphatic carbocycles. The van der Waals surface area contributed by atoms with E-state index in [-0.39, 0.29) is 10.8 Å². The molecule has 0 fully saturated rings. The summed E-state index contributed by atoms with van der Waals surface area (Å²) in [6, 6.07) is 5.17. The van der Waals surface area contributed by atoms with Gasteiger partial charge in [0.15, 0.2) is 0 Å². The van der Waals surface area contributed by atoms with Crippen molar-refractivity contribution in [1.82, 2.24) is 14.9 Å². The van der Waals surface area contributed by atoms with Crippen molar-refractivity contribution in [2.24, 2.45) is 0 Å². The van der Waals surface area contributed by atoms with E-state index >= 15 is 0 Å². The van der Waals surface area contributed by atoms with Crippen molar-refractivity contribution in [2.75, 3.05) is 20.7 Å². The quantitative estimate of drug-likeness (QED) is 0.669. The Bertz CT molecular complexity index is 640. The lowest BCUT2D eigenvalue weighted by Gasteiger charge is -2.09. The largest absolute Gasteiger partial charge is 0.497 e. The molecule has 0 saturated carbocycles. The molecule has 0 saturated heterocycles. The van der Waals surface area contributed by atoms with Gasteiger partial charge < -0.3 is 10.1 Å². The summed E-state index contributed by atoms with van der Waals surface area (Å²) in [5, 5.41) is 3.79. The molecular formula is C13H16ClN3O2. The van der Waals surface area contributed by atoms with Gasteiger partial charge in [-0.25, -0.2) is 4.98 Å². The van der Waals surface area contributed by atoms with E-state index in [9.17, 15) is 4.79 Å². The van der Waals surface area contributed by atoms with Crippen molar-refractivity contribution < 1.29 is 4.74 Å². The third-order valence-electron chi connectivity index (χ3n) is 2.92. The van der Waals surface area contributed by atoms with Crippen LogP contribution in [-0.4, -0.2) is 30.3 Å². The predicted molar refractivity (Wildman–Crippen MR) is 76.1 cm³/mol. The van der Waals surface area contributed by atoms with Gasteiger partial charge in [-0.1, -0.05) is 0 Å². The van der Waals surface area contributed by atoms with Crippen molar-refractivity contribution in [3.05, 3.63) is 33.8 Å². The summed E-state index contributed by atoms with van der Waals surface area (Å²) in [6.07, 6.45) is 0.819. The van der Waals surface area contributed by atoms with Crippen molar-refractivity contribution >= 4 is 22.5 Å². The molecule has 2 rings (SSSR count). The van der Waals surface area contributed by atoms with Gasteiger partial charge >= 0.3 is 0 Å². The molecule has 19 heavy (non-hydrogen) atoms. The average Bonchev–Trinajstić information content (AvgIpc) is 2.41. The van der Waals surface area contributed by atoms with E-state index < -0.39 is 0 Å². The molecule has 0 radical (unpaired) electrons. The Balaban J connectivity index is 2.47. The Morgan fingerprint density at radius 1 is 1.47 bits per heavy atom. The first-order valence-corrected chi connectivity index (χ1v) is 6.44. The molecule has 102 valence electrons. The van der Waals surface area contributed by atoms with Gasteiger partial charge in [0.2, 0.25) is 5.28 Å². The second-order valence-electron chi connectivity index (χ2n) is 4.18. The highest BCUT2D eigenvalue weighted by molar-refractivity contribution is 6.28. The topological polar surface area (TPSA) is 56.1 Å². The van der Waals surface area contributed by atoms with Crippen LogP contribution in [0.1, 0.15) is 6.42 Å². The zero-order chi connectivity index (χ0) is 13.8. The number of rotatable bonds is 5. The summed E-state index contributed by atoms with van der Waals surface area (Å²) in [5.41, 5.74) is 0.438. The predicted octanol–water partition coefficient (Wildman–Crippen LogP) is 1.67.